The Balaban J connectivity index is 0.00000225. The van der Waals surface area contributed by atoms with Crippen LogP contribution in [0.3, 0.4) is 0 Å². The molecule has 0 unspecified atom stereocenters. The summed E-state index contributed by atoms with van der Waals surface area (Å²) in [6.07, 6.45) is 1.28. The van der Waals surface area contributed by atoms with Crippen molar-refractivity contribution in [3.63, 3.8) is 0 Å². The topological polar surface area (TPSA) is 46.2 Å². The molecule has 0 aliphatic heterocycles. The molecule has 2 atom stereocenters. The third-order valence-corrected chi connectivity index (χ3v) is 3.00. The first-order valence-electron chi connectivity index (χ1n) is 5.57. The maximum atomic E-state index is 9.86. The van der Waals surface area contributed by atoms with Crippen LogP contribution in [0.1, 0.15) is 42.5 Å². The summed E-state index contributed by atoms with van der Waals surface area (Å²) in [5.74, 6) is 0. The van der Waals surface area contributed by atoms with E-state index in [0.29, 0.717) is 0 Å². The molecule has 1 aromatic carbocycles. The monoisotopic (exact) mass is 243 g/mol. The standard InChI is InChI=1S/C13H21NO.ClH/c1-4-6-12(15)13(14)11-8-5-7-9(2)10(11)3;/h5,7-8,12-13,15H,4,6,14H2,1-3H3;1H/t12-,13+;/m1./s1. The molecule has 0 saturated heterocycles. The minimum atomic E-state index is -0.435. The molecule has 1 aromatic rings. The molecule has 0 amide bonds. The van der Waals surface area contributed by atoms with E-state index in [1.54, 1.807) is 0 Å². The van der Waals surface area contributed by atoms with Gasteiger partial charge in [-0.2, -0.15) is 0 Å². The second kappa shape index (κ2) is 6.89. The molecule has 0 aliphatic rings. The molecule has 1 rings (SSSR count). The lowest BCUT2D eigenvalue weighted by atomic mass is 9.93. The van der Waals surface area contributed by atoms with Crippen molar-refractivity contribution in [2.24, 2.45) is 5.73 Å². The van der Waals surface area contributed by atoms with Crippen molar-refractivity contribution < 1.29 is 5.11 Å². The summed E-state index contributed by atoms with van der Waals surface area (Å²) in [4.78, 5) is 0. The number of benzene rings is 1. The highest BCUT2D eigenvalue weighted by Crippen LogP contribution is 2.22. The van der Waals surface area contributed by atoms with Crippen molar-refractivity contribution in [2.45, 2.75) is 45.8 Å². The third kappa shape index (κ3) is 3.48. The molecule has 3 heteroatoms. The van der Waals surface area contributed by atoms with Gasteiger partial charge in [0.2, 0.25) is 0 Å². The third-order valence-electron chi connectivity index (χ3n) is 3.00. The molecule has 0 heterocycles. The highest BCUT2D eigenvalue weighted by molar-refractivity contribution is 5.85. The Bertz CT molecular complexity index is 328. The SMILES string of the molecule is CCC[C@@H](O)[C@@H](N)c1cccc(C)c1C.Cl. The molecule has 3 N–H and O–H groups in total. The van der Waals surface area contributed by atoms with Crippen molar-refractivity contribution in [3.05, 3.63) is 34.9 Å². The van der Waals surface area contributed by atoms with E-state index < -0.39 is 6.10 Å². The van der Waals surface area contributed by atoms with Gasteiger partial charge in [0.1, 0.15) is 0 Å². The van der Waals surface area contributed by atoms with Crippen LogP contribution in [0.5, 0.6) is 0 Å². The van der Waals surface area contributed by atoms with Crippen molar-refractivity contribution in [3.8, 4) is 0 Å². The Labute approximate surface area is 104 Å². The van der Waals surface area contributed by atoms with E-state index in [2.05, 4.69) is 26.8 Å². The number of hydrogen-bond acceptors (Lipinski definition) is 2. The molecule has 0 fully saturated rings. The summed E-state index contributed by atoms with van der Waals surface area (Å²) in [5.41, 5.74) is 9.53. The molecule has 0 aromatic heterocycles. The molecule has 0 saturated carbocycles. The van der Waals surface area contributed by atoms with Gasteiger partial charge in [-0.25, -0.2) is 0 Å². The highest BCUT2D eigenvalue weighted by Gasteiger charge is 2.17. The summed E-state index contributed by atoms with van der Waals surface area (Å²) in [7, 11) is 0. The molecular weight excluding hydrogens is 222 g/mol. The molecule has 0 aliphatic carbocycles. The first-order chi connectivity index (χ1) is 7.07. The fourth-order valence-electron chi connectivity index (χ4n) is 1.82. The van der Waals surface area contributed by atoms with Crippen molar-refractivity contribution in [1.82, 2.24) is 0 Å². The molecule has 16 heavy (non-hydrogen) atoms. The summed E-state index contributed by atoms with van der Waals surface area (Å²) in [6, 6.07) is 5.81. The molecule has 0 radical (unpaired) electrons. The predicted molar refractivity (Wildman–Crippen MR) is 71.0 cm³/mol. The molecule has 0 spiro atoms. The lowest BCUT2D eigenvalue weighted by Crippen LogP contribution is -2.26. The van der Waals surface area contributed by atoms with Gasteiger partial charge in [0.25, 0.3) is 0 Å². The quantitative estimate of drug-likeness (QED) is 0.854. The van der Waals surface area contributed by atoms with E-state index >= 15 is 0 Å². The number of nitrogens with two attached hydrogens (primary N) is 1. The van der Waals surface area contributed by atoms with E-state index in [4.69, 9.17) is 5.73 Å². The maximum Gasteiger partial charge on any atom is 0.0732 e. The minimum Gasteiger partial charge on any atom is -0.391 e. The zero-order valence-corrected chi connectivity index (χ0v) is 11.1. The normalized spacial score (nSPS) is 14.1. The lowest BCUT2D eigenvalue weighted by molar-refractivity contribution is 0.134. The Morgan fingerprint density at radius 3 is 2.50 bits per heavy atom. The van der Waals surface area contributed by atoms with Gasteiger partial charge in [-0.05, 0) is 37.0 Å². The van der Waals surface area contributed by atoms with Crippen LogP contribution in [0.25, 0.3) is 0 Å². The number of hydrogen-bond donors (Lipinski definition) is 2. The number of aliphatic hydroxyl groups excluding tert-OH is 1. The average Bonchev–Trinajstić information content (AvgIpc) is 2.21. The number of aliphatic hydroxyl groups is 1. The Morgan fingerprint density at radius 1 is 1.31 bits per heavy atom. The first kappa shape index (κ1) is 15.4. The molecular formula is C13H22ClNO. The smallest absolute Gasteiger partial charge is 0.0732 e. The van der Waals surface area contributed by atoms with Gasteiger partial charge >= 0.3 is 0 Å². The van der Waals surface area contributed by atoms with E-state index in [0.717, 1.165) is 18.4 Å². The molecule has 92 valence electrons. The summed E-state index contributed by atoms with van der Waals surface area (Å²) >= 11 is 0. The van der Waals surface area contributed by atoms with Gasteiger partial charge in [0.15, 0.2) is 0 Å². The second-order valence-corrected chi connectivity index (χ2v) is 4.17. The minimum absolute atomic E-state index is 0. The number of halogens is 1. The van der Waals surface area contributed by atoms with Gasteiger partial charge in [-0.1, -0.05) is 31.5 Å². The van der Waals surface area contributed by atoms with E-state index in [1.165, 1.54) is 11.1 Å². The average molecular weight is 244 g/mol. The van der Waals surface area contributed by atoms with Crippen LogP contribution in [-0.2, 0) is 0 Å². The first-order valence-corrected chi connectivity index (χ1v) is 5.57. The van der Waals surface area contributed by atoms with Crippen LogP contribution in [0.2, 0.25) is 0 Å². The van der Waals surface area contributed by atoms with E-state index in [9.17, 15) is 5.11 Å². The lowest BCUT2D eigenvalue weighted by Gasteiger charge is -2.21. The van der Waals surface area contributed by atoms with Gasteiger partial charge in [0.05, 0.1) is 12.1 Å². The Kier molecular flexibility index (Phi) is 6.65. The van der Waals surface area contributed by atoms with Gasteiger partial charge in [-0.15, -0.1) is 12.4 Å². The number of rotatable bonds is 4. The van der Waals surface area contributed by atoms with Crippen LogP contribution in [0.15, 0.2) is 18.2 Å². The summed E-state index contributed by atoms with van der Waals surface area (Å²) < 4.78 is 0. The number of aryl methyl sites for hydroxylation is 1. The zero-order chi connectivity index (χ0) is 11.4. The van der Waals surface area contributed by atoms with Crippen LogP contribution in [0.4, 0.5) is 0 Å². The van der Waals surface area contributed by atoms with Crippen molar-refractivity contribution >= 4 is 12.4 Å². The largest absolute Gasteiger partial charge is 0.391 e. The van der Waals surface area contributed by atoms with Crippen LogP contribution < -0.4 is 5.73 Å². The van der Waals surface area contributed by atoms with Crippen molar-refractivity contribution in [1.29, 1.82) is 0 Å². The fraction of sp³-hybridized carbons (Fsp3) is 0.538. The predicted octanol–water partition coefficient (Wildman–Crippen LogP) is 2.89. The Hall–Kier alpha value is -0.570. The second-order valence-electron chi connectivity index (χ2n) is 4.17. The van der Waals surface area contributed by atoms with Crippen molar-refractivity contribution in [2.75, 3.05) is 0 Å². The summed E-state index contributed by atoms with van der Waals surface area (Å²) in [5, 5.41) is 9.86. The van der Waals surface area contributed by atoms with Gasteiger partial charge in [0, 0.05) is 0 Å². The molecule has 2 nitrogen and oxygen atoms in total. The van der Waals surface area contributed by atoms with Crippen LogP contribution >= 0.6 is 12.4 Å². The van der Waals surface area contributed by atoms with E-state index in [-0.39, 0.29) is 18.4 Å². The summed E-state index contributed by atoms with van der Waals surface area (Å²) in [6.45, 7) is 6.18. The molecule has 0 bridgehead atoms. The maximum absolute atomic E-state index is 9.86. The van der Waals surface area contributed by atoms with Gasteiger partial charge < -0.3 is 10.8 Å². The van der Waals surface area contributed by atoms with Crippen LogP contribution in [-0.4, -0.2) is 11.2 Å². The zero-order valence-electron chi connectivity index (χ0n) is 10.2. The highest BCUT2D eigenvalue weighted by atomic mass is 35.5. The van der Waals surface area contributed by atoms with Gasteiger partial charge in [-0.3, -0.25) is 0 Å². The van der Waals surface area contributed by atoms with E-state index in [1.807, 2.05) is 12.1 Å². The van der Waals surface area contributed by atoms with Crippen LogP contribution in [0, 0.1) is 13.8 Å². The fourth-order valence-corrected chi connectivity index (χ4v) is 1.82. The Morgan fingerprint density at radius 2 is 1.94 bits per heavy atom.